The molecule has 2 aromatic heterocycles. The third-order valence-corrected chi connectivity index (χ3v) is 3.97. The number of nitrogens with zero attached hydrogens (tertiary/aromatic N) is 2. The molecule has 1 aliphatic rings. The third-order valence-electron chi connectivity index (χ3n) is 3.97. The van der Waals surface area contributed by atoms with Gasteiger partial charge in [-0.3, -0.25) is 4.79 Å². The number of methoxy groups -OCH3 is 1. The maximum absolute atomic E-state index is 13.1. The van der Waals surface area contributed by atoms with E-state index in [1.54, 1.807) is 30.3 Å². The summed E-state index contributed by atoms with van der Waals surface area (Å²) in [7, 11) is 1.61. The van der Waals surface area contributed by atoms with Crippen molar-refractivity contribution in [2.75, 3.05) is 33.5 Å². The fourth-order valence-electron chi connectivity index (χ4n) is 2.84. The van der Waals surface area contributed by atoms with Crippen LogP contribution < -0.4 is 4.74 Å². The van der Waals surface area contributed by atoms with E-state index in [9.17, 15) is 4.79 Å². The summed E-state index contributed by atoms with van der Waals surface area (Å²) in [6.07, 6.45) is 1.61. The average Bonchev–Trinajstić information content (AvgIpc) is 3.11. The van der Waals surface area contributed by atoms with Crippen LogP contribution in [0.3, 0.4) is 0 Å². The maximum Gasteiger partial charge on any atom is 0.260 e. The van der Waals surface area contributed by atoms with Crippen molar-refractivity contribution in [3.8, 4) is 5.88 Å². The Morgan fingerprint density at radius 2 is 2.28 bits per heavy atom. The summed E-state index contributed by atoms with van der Waals surface area (Å²) in [5.74, 6) is 1.60. The van der Waals surface area contributed by atoms with E-state index in [1.165, 1.54) is 0 Å². The number of hydrogen-bond donors (Lipinski definition) is 0. The van der Waals surface area contributed by atoms with Gasteiger partial charge in [0.2, 0.25) is 5.88 Å². The van der Waals surface area contributed by atoms with Crippen molar-refractivity contribution < 1.29 is 23.4 Å². The molecular weight excluding hydrogens is 324 g/mol. The zero-order valence-corrected chi connectivity index (χ0v) is 14.4. The van der Waals surface area contributed by atoms with E-state index in [2.05, 4.69) is 4.98 Å². The number of carbonyl (C=O) groups excluding carboxylic acids is 1. The Kier molecular flexibility index (Phi) is 5.67. The van der Waals surface area contributed by atoms with Gasteiger partial charge in [-0.05, 0) is 31.2 Å². The number of pyridine rings is 1. The molecule has 25 heavy (non-hydrogen) atoms. The second-order valence-corrected chi connectivity index (χ2v) is 5.62. The van der Waals surface area contributed by atoms with Gasteiger partial charge >= 0.3 is 0 Å². The molecule has 1 aliphatic heterocycles. The predicted octanol–water partition coefficient (Wildman–Crippen LogP) is 2.43. The molecule has 1 unspecified atom stereocenters. The van der Waals surface area contributed by atoms with Crippen LogP contribution in [-0.2, 0) is 16.1 Å². The zero-order valence-electron chi connectivity index (χ0n) is 14.4. The van der Waals surface area contributed by atoms with Crippen molar-refractivity contribution in [2.24, 2.45) is 0 Å². The normalized spacial score (nSPS) is 17.5. The molecule has 0 spiro atoms. The SMILES string of the molecule is CCOc1ncccc1C(=O)N1CCOCC1c1ccc(COC)o1. The van der Waals surface area contributed by atoms with Gasteiger partial charge in [0.15, 0.2) is 0 Å². The second-order valence-electron chi connectivity index (χ2n) is 5.62. The first kappa shape index (κ1) is 17.4. The second kappa shape index (κ2) is 8.13. The number of carbonyl (C=O) groups is 1. The smallest absolute Gasteiger partial charge is 0.260 e. The Hall–Kier alpha value is -2.38. The molecule has 3 rings (SSSR count). The van der Waals surface area contributed by atoms with E-state index in [0.717, 1.165) is 0 Å². The van der Waals surface area contributed by atoms with Crippen LogP contribution in [0.25, 0.3) is 0 Å². The van der Waals surface area contributed by atoms with Crippen LogP contribution in [0.4, 0.5) is 0 Å². The topological polar surface area (TPSA) is 74.0 Å². The summed E-state index contributed by atoms with van der Waals surface area (Å²) in [5.41, 5.74) is 0.444. The first-order valence-electron chi connectivity index (χ1n) is 8.28. The third kappa shape index (κ3) is 3.83. The van der Waals surface area contributed by atoms with E-state index in [4.69, 9.17) is 18.6 Å². The lowest BCUT2D eigenvalue weighted by Crippen LogP contribution is -2.43. The molecule has 134 valence electrons. The van der Waals surface area contributed by atoms with Crippen LogP contribution in [0.1, 0.15) is 34.8 Å². The quantitative estimate of drug-likeness (QED) is 0.800. The molecule has 1 saturated heterocycles. The van der Waals surface area contributed by atoms with Gasteiger partial charge in [-0.25, -0.2) is 4.98 Å². The van der Waals surface area contributed by atoms with Gasteiger partial charge in [-0.1, -0.05) is 0 Å². The lowest BCUT2D eigenvalue weighted by Gasteiger charge is -2.34. The molecular formula is C18H22N2O5. The van der Waals surface area contributed by atoms with Gasteiger partial charge < -0.3 is 23.5 Å². The van der Waals surface area contributed by atoms with Crippen LogP contribution in [-0.4, -0.2) is 49.3 Å². The van der Waals surface area contributed by atoms with E-state index in [0.29, 0.717) is 55.9 Å². The van der Waals surface area contributed by atoms with Crippen molar-refractivity contribution in [1.29, 1.82) is 0 Å². The van der Waals surface area contributed by atoms with E-state index < -0.39 is 0 Å². The van der Waals surface area contributed by atoms with Crippen molar-refractivity contribution in [3.63, 3.8) is 0 Å². The number of aromatic nitrogens is 1. The van der Waals surface area contributed by atoms with Crippen molar-refractivity contribution in [2.45, 2.75) is 19.6 Å². The first-order valence-corrected chi connectivity index (χ1v) is 8.28. The van der Waals surface area contributed by atoms with Crippen LogP contribution >= 0.6 is 0 Å². The maximum atomic E-state index is 13.1. The molecule has 3 heterocycles. The van der Waals surface area contributed by atoms with Gasteiger partial charge in [0.05, 0.1) is 19.8 Å². The van der Waals surface area contributed by atoms with Crippen LogP contribution in [0.15, 0.2) is 34.9 Å². The molecule has 1 amide bonds. The summed E-state index contributed by atoms with van der Waals surface area (Å²) in [4.78, 5) is 19.0. The van der Waals surface area contributed by atoms with Gasteiger partial charge in [-0.15, -0.1) is 0 Å². The number of morpholine rings is 1. The van der Waals surface area contributed by atoms with Crippen LogP contribution in [0.2, 0.25) is 0 Å². The Balaban J connectivity index is 1.86. The van der Waals surface area contributed by atoms with E-state index >= 15 is 0 Å². The fraction of sp³-hybridized carbons (Fsp3) is 0.444. The number of amides is 1. The van der Waals surface area contributed by atoms with Crippen molar-refractivity contribution in [1.82, 2.24) is 9.88 Å². The van der Waals surface area contributed by atoms with E-state index in [1.807, 2.05) is 19.1 Å². The lowest BCUT2D eigenvalue weighted by molar-refractivity contribution is -0.00967. The van der Waals surface area contributed by atoms with E-state index in [-0.39, 0.29) is 11.9 Å². The highest BCUT2D eigenvalue weighted by molar-refractivity contribution is 5.96. The highest BCUT2D eigenvalue weighted by Crippen LogP contribution is 2.29. The molecule has 0 aromatic carbocycles. The highest BCUT2D eigenvalue weighted by atomic mass is 16.5. The number of rotatable bonds is 6. The minimum absolute atomic E-state index is 0.144. The van der Waals surface area contributed by atoms with Crippen LogP contribution in [0, 0.1) is 0 Å². The lowest BCUT2D eigenvalue weighted by atomic mass is 10.1. The number of furan rings is 1. The first-order chi connectivity index (χ1) is 12.2. The summed E-state index contributed by atoms with van der Waals surface area (Å²) < 4.78 is 22.0. The minimum Gasteiger partial charge on any atom is -0.477 e. The summed E-state index contributed by atoms with van der Waals surface area (Å²) in [6.45, 7) is 4.04. The van der Waals surface area contributed by atoms with Gasteiger partial charge in [0, 0.05) is 19.9 Å². The Morgan fingerprint density at radius 1 is 1.40 bits per heavy atom. The number of ether oxygens (including phenoxy) is 3. The summed E-state index contributed by atoms with van der Waals surface area (Å²) in [6, 6.07) is 6.88. The van der Waals surface area contributed by atoms with Gasteiger partial charge in [-0.2, -0.15) is 0 Å². The molecule has 0 N–H and O–H groups in total. The minimum atomic E-state index is -0.290. The standard InChI is InChI=1S/C18H22N2O5/c1-3-24-17-14(5-4-8-19-17)18(21)20-9-10-23-12-15(20)16-7-6-13(25-16)11-22-2/h4-8,15H,3,9-12H2,1-2H3. The number of hydrogen-bond acceptors (Lipinski definition) is 6. The molecule has 2 aromatic rings. The summed E-state index contributed by atoms with van der Waals surface area (Å²) in [5, 5.41) is 0. The molecule has 0 aliphatic carbocycles. The Bertz CT molecular complexity index is 715. The molecule has 0 radical (unpaired) electrons. The predicted molar refractivity (Wildman–Crippen MR) is 89.4 cm³/mol. The molecule has 7 heteroatoms. The summed E-state index contributed by atoms with van der Waals surface area (Å²) >= 11 is 0. The largest absolute Gasteiger partial charge is 0.477 e. The Morgan fingerprint density at radius 3 is 3.08 bits per heavy atom. The van der Waals surface area contributed by atoms with Gasteiger partial charge in [0.1, 0.15) is 29.7 Å². The van der Waals surface area contributed by atoms with Crippen molar-refractivity contribution >= 4 is 5.91 Å². The molecule has 1 fully saturated rings. The van der Waals surface area contributed by atoms with Crippen molar-refractivity contribution in [3.05, 3.63) is 47.5 Å². The average molecular weight is 346 g/mol. The molecule has 7 nitrogen and oxygen atoms in total. The molecule has 0 saturated carbocycles. The van der Waals surface area contributed by atoms with Gasteiger partial charge in [0.25, 0.3) is 5.91 Å². The highest BCUT2D eigenvalue weighted by Gasteiger charge is 2.33. The Labute approximate surface area is 146 Å². The molecule has 0 bridgehead atoms. The monoisotopic (exact) mass is 346 g/mol. The van der Waals surface area contributed by atoms with Crippen LogP contribution in [0.5, 0.6) is 5.88 Å². The zero-order chi connectivity index (χ0) is 17.6. The fourth-order valence-corrected chi connectivity index (χ4v) is 2.84. The molecule has 1 atom stereocenters.